The van der Waals surface area contributed by atoms with E-state index in [1.165, 1.54) is 38.4 Å². The number of anilines is 1. The standard InChI is InChI=1S/C19H19N3O7S/c1-9-11(15(18(24)28-3)16(21-9)19(25)29-4)8-13-12-7-10(30(26,27)20-2)5-6-14(12)22-17(13)23/h5-8,20-21H,1-4H3,(H,22,23). The number of aromatic amines is 1. The van der Waals surface area contributed by atoms with E-state index in [0.717, 1.165) is 7.11 Å². The van der Waals surface area contributed by atoms with Crippen molar-refractivity contribution in [1.29, 1.82) is 0 Å². The van der Waals surface area contributed by atoms with E-state index < -0.39 is 27.9 Å². The first-order valence-electron chi connectivity index (χ1n) is 8.64. The number of esters is 2. The van der Waals surface area contributed by atoms with Gasteiger partial charge in [-0.2, -0.15) is 0 Å². The number of sulfonamides is 1. The van der Waals surface area contributed by atoms with E-state index in [2.05, 4.69) is 15.0 Å². The predicted octanol–water partition coefficient (Wildman–Crippen LogP) is 1.30. The lowest BCUT2D eigenvalue weighted by atomic mass is 10.0. The van der Waals surface area contributed by atoms with Crippen LogP contribution in [0.5, 0.6) is 0 Å². The van der Waals surface area contributed by atoms with Gasteiger partial charge in [-0.3, -0.25) is 4.79 Å². The maximum Gasteiger partial charge on any atom is 0.355 e. The number of rotatable bonds is 5. The summed E-state index contributed by atoms with van der Waals surface area (Å²) in [6.07, 6.45) is 1.40. The van der Waals surface area contributed by atoms with Gasteiger partial charge in [0.1, 0.15) is 5.69 Å². The van der Waals surface area contributed by atoms with E-state index in [1.807, 2.05) is 0 Å². The molecule has 1 aliphatic rings. The monoisotopic (exact) mass is 433 g/mol. The first-order valence-corrected chi connectivity index (χ1v) is 10.1. The van der Waals surface area contributed by atoms with Gasteiger partial charge < -0.3 is 19.8 Å². The first kappa shape index (κ1) is 21.3. The summed E-state index contributed by atoms with van der Waals surface area (Å²) >= 11 is 0. The molecule has 1 aromatic heterocycles. The lowest BCUT2D eigenvalue weighted by Crippen LogP contribution is -2.18. The van der Waals surface area contributed by atoms with E-state index >= 15 is 0 Å². The van der Waals surface area contributed by atoms with E-state index in [0.29, 0.717) is 16.9 Å². The van der Waals surface area contributed by atoms with Gasteiger partial charge in [-0.1, -0.05) is 0 Å². The van der Waals surface area contributed by atoms with Crippen LogP contribution in [-0.2, 0) is 24.3 Å². The van der Waals surface area contributed by atoms with Crippen molar-refractivity contribution in [3.63, 3.8) is 0 Å². The van der Waals surface area contributed by atoms with Crippen LogP contribution in [0.25, 0.3) is 11.6 Å². The highest BCUT2D eigenvalue weighted by atomic mass is 32.2. The Kier molecular flexibility index (Phi) is 5.51. The normalized spacial score (nSPS) is 14.4. The fourth-order valence-corrected chi connectivity index (χ4v) is 3.88. The molecule has 11 heteroatoms. The Labute approximate surface area is 172 Å². The van der Waals surface area contributed by atoms with Crippen molar-refractivity contribution in [3.8, 4) is 0 Å². The molecule has 0 aliphatic carbocycles. The van der Waals surface area contributed by atoms with Gasteiger partial charge in [-0.15, -0.1) is 0 Å². The Balaban J connectivity index is 2.24. The fraction of sp³-hybridized carbons (Fsp3) is 0.211. The number of aromatic nitrogens is 1. The van der Waals surface area contributed by atoms with Crippen molar-refractivity contribution in [2.24, 2.45) is 0 Å². The lowest BCUT2D eigenvalue weighted by molar-refractivity contribution is -0.110. The number of hydrogen-bond acceptors (Lipinski definition) is 7. The third-order valence-electron chi connectivity index (χ3n) is 4.66. The molecule has 0 spiro atoms. The molecule has 2 aromatic rings. The second-order valence-corrected chi connectivity index (χ2v) is 8.21. The van der Waals surface area contributed by atoms with Crippen molar-refractivity contribution < 1.29 is 32.3 Å². The zero-order valence-corrected chi connectivity index (χ0v) is 17.4. The highest BCUT2D eigenvalue weighted by molar-refractivity contribution is 7.89. The molecule has 0 saturated heterocycles. The highest BCUT2D eigenvalue weighted by Gasteiger charge is 2.30. The number of benzene rings is 1. The average molecular weight is 433 g/mol. The SMILES string of the molecule is CNS(=O)(=O)c1ccc2c(c1)C(=Cc1c(C)[nH]c(C(=O)OC)c1C(=O)OC)C(=O)N2. The number of H-pyrrole nitrogens is 1. The van der Waals surface area contributed by atoms with Gasteiger partial charge in [0.05, 0.1) is 24.7 Å². The minimum absolute atomic E-state index is 0.0274. The Hall–Kier alpha value is -3.44. The van der Waals surface area contributed by atoms with Crippen LogP contribution >= 0.6 is 0 Å². The molecule has 0 atom stereocenters. The quantitative estimate of drug-likeness (QED) is 0.476. The molecule has 3 rings (SSSR count). The summed E-state index contributed by atoms with van der Waals surface area (Å²) < 4.78 is 36.0. The fourth-order valence-electron chi connectivity index (χ4n) is 3.13. The Morgan fingerprint density at radius 1 is 1.13 bits per heavy atom. The van der Waals surface area contributed by atoms with Crippen LogP contribution in [-0.4, -0.2) is 52.5 Å². The smallest absolute Gasteiger partial charge is 0.355 e. The number of nitrogens with one attached hydrogen (secondary N) is 3. The lowest BCUT2D eigenvalue weighted by Gasteiger charge is -2.06. The van der Waals surface area contributed by atoms with Crippen LogP contribution in [0.15, 0.2) is 23.1 Å². The summed E-state index contributed by atoms with van der Waals surface area (Å²) in [5.74, 6) is -2.06. The Morgan fingerprint density at radius 3 is 2.40 bits per heavy atom. The third kappa shape index (κ3) is 3.48. The molecule has 0 fully saturated rings. The van der Waals surface area contributed by atoms with Crippen LogP contribution in [0.3, 0.4) is 0 Å². The van der Waals surface area contributed by atoms with Gasteiger partial charge >= 0.3 is 11.9 Å². The molecule has 158 valence electrons. The number of methoxy groups -OCH3 is 2. The zero-order valence-electron chi connectivity index (χ0n) is 16.6. The molecule has 0 saturated carbocycles. The van der Waals surface area contributed by atoms with Gasteiger partial charge in [0.2, 0.25) is 10.0 Å². The summed E-state index contributed by atoms with van der Waals surface area (Å²) in [6, 6.07) is 4.19. The molecule has 10 nitrogen and oxygen atoms in total. The molecule has 30 heavy (non-hydrogen) atoms. The number of carbonyl (C=O) groups excluding carboxylic acids is 3. The molecule has 0 bridgehead atoms. The number of fused-ring (bicyclic) bond motifs is 1. The maximum absolute atomic E-state index is 12.6. The van der Waals surface area contributed by atoms with Crippen molar-refractivity contribution in [3.05, 3.63) is 46.3 Å². The van der Waals surface area contributed by atoms with Gasteiger partial charge in [0.25, 0.3) is 5.91 Å². The second kappa shape index (κ2) is 7.76. The number of aryl methyl sites for hydroxylation is 1. The van der Waals surface area contributed by atoms with Crippen molar-refractivity contribution in [2.45, 2.75) is 11.8 Å². The largest absolute Gasteiger partial charge is 0.465 e. The molecular formula is C19H19N3O7S. The van der Waals surface area contributed by atoms with E-state index in [9.17, 15) is 22.8 Å². The summed E-state index contributed by atoms with van der Waals surface area (Å²) in [5.41, 5.74) is 1.36. The average Bonchev–Trinajstić information content (AvgIpc) is 3.23. The summed E-state index contributed by atoms with van der Waals surface area (Å²) in [4.78, 5) is 39.7. The molecule has 1 aliphatic heterocycles. The Morgan fingerprint density at radius 2 is 1.80 bits per heavy atom. The van der Waals surface area contributed by atoms with Crippen molar-refractivity contribution in [2.75, 3.05) is 26.6 Å². The third-order valence-corrected chi connectivity index (χ3v) is 6.07. The minimum atomic E-state index is -3.74. The topological polar surface area (TPSA) is 144 Å². The molecular weight excluding hydrogens is 414 g/mol. The van der Waals surface area contributed by atoms with E-state index in [1.54, 1.807) is 6.92 Å². The number of amides is 1. The van der Waals surface area contributed by atoms with E-state index in [-0.39, 0.29) is 27.3 Å². The van der Waals surface area contributed by atoms with Gasteiger partial charge in [-0.25, -0.2) is 22.7 Å². The molecule has 1 aromatic carbocycles. The van der Waals surface area contributed by atoms with Crippen LogP contribution in [0.4, 0.5) is 5.69 Å². The van der Waals surface area contributed by atoms with Crippen LogP contribution in [0.1, 0.15) is 37.7 Å². The predicted molar refractivity (Wildman–Crippen MR) is 107 cm³/mol. The molecule has 1 amide bonds. The van der Waals surface area contributed by atoms with Crippen LogP contribution < -0.4 is 10.0 Å². The molecule has 0 unspecified atom stereocenters. The summed E-state index contributed by atoms with van der Waals surface area (Å²) in [6.45, 7) is 1.61. The second-order valence-electron chi connectivity index (χ2n) is 6.32. The van der Waals surface area contributed by atoms with Gasteiger partial charge in [-0.05, 0) is 38.2 Å². The number of hydrogen-bond donors (Lipinski definition) is 3. The number of ether oxygens (including phenoxy) is 2. The molecule has 2 heterocycles. The maximum atomic E-state index is 12.6. The Bertz CT molecular complexity index is 1210. The van der Waals surface area contributed by atoms with Crippen LogP contribution in [0, 0.1) is 6.92 Å². The molecule has 0 radical (unpaired) electrons. The summed E-state index contributed by atoms with van der Waals surface area (Å²) in [5, 5.41) is 2.65. The minimum Gasteiger partial charge on any atom is -0.465 e. The highest BCUT2D eigenvalue weighted by Crippen LogP contribution is 2.36. The van der Waals surface area contributed by atoms with Gasteiger partial charge in [0.15, 0.2) is 0 Å². The first-order chi connectivity index (χ1) is 14.1. The van der Waals surface area contributed by atoms with Crippen molar-refractivity contribution in [1.82, 2.24) is 9.71 Å². The number of carbonyl (C=O) groups is 3. The zero-order chi connectivity index (χ0) is 22.2. The summed E-state index contributed by atoms with van der Waals surface area (Å²) in [7, 11) is -0.124. The molecule has 3 N–H and O–H groups in total. The van der Waals surface area contributed by atoms with Crippen LogP contribution in [0.2, 0.25) is 0 Å². The van der Waals surface area contributed by atoms with Gasteiger partial charge in [0, 0.05) is 28.1 Å². The van der Waals surface area contributed by atoms with E-state index in [4.69, 9.17) is 9.47 Å². The van der Waals surface area contributed by atoms with Crippen molar-refractivity contribution >= 4 is 45.2 Å².